The van der Waals surface area contributed by atoms with Gasteiger partial charge in [0, 0.05) is 21.9 Å². The average molecular weight is 313 g/mol. The molecule has 1 aromatic rings. The van der Waals surface area contributed by atoms with Crippen molar-refractivity contribution in [1.29, 1.82) is 0 Å². The summed E-state index contributed by atoms with van der Waals surface area (Å²) in [5.74, 6) is 1.28. The first kappa shape index (κ1) is 15.6. The minimum Gasteiger partial charge on any atom is -0.312 e. The molecule has 1 aromatic heterocycles. The molecule has 0 aliphatic heterocycles. The zero-order valence-electron chi connectivity index (χ0n) is 12.1. The fraction of sp³-hybridized carbons (Fsp3) is 0.667. The van der Waals surface area contributed by atoms with E-state index in [4.69, 9.17) is 0 Å². The maximum Gasteiger partial charge on any atom is 0.0413 e. The first-order chi connectivity index (χ1) is 8.28. The molecule has 0 amide bonds. The van der Waals surface area contributed by atoms with E-state index in [2.05, 4.69) is 73.0 Å². The van der Waals surface area contributed by atoms with E-state index in [1.165, 1.54) is 5.69 Å². The van der Waals surface area contributed by atoms with Gasteiger partial charge in [-0.05, 0) is 73.6 Å². The maximum atomic E-state index is 4.44. The number of halogens is 1. The molecule has 0 saturated heterocycles. The van der Waals surface area contributed by atoms with Crippen LogP contribution >= 0.6 is 15.9 Å². The topological polar surface area (TPSA) is 24.9 Å². The summed E-state index contributed by atoms with van der Waals surface area (Å²) in [5.41, 5.74) is 1.37. The molecule has 1 rings (SSSR count). The highest BCUT2D eigenvalue weighted by Gasteiger charge is 2.16. The van der Waals surface area contributed by atoms with Crippen molar-refractivity contribution in [3.05, 3.63) is 28.5 Å². The van der Waals surface area contributed by atoms with E-state index < -0.39 is 0 Å². The number of hydrogen-bond acceptors (Lipinski definition) is 2. The summed E-state index contributed by atoms with van der Waals surface area (Å²) in [4.78, 5) is 4.44. The summed E-state index contributed by atoms with van der Waals surface area (Å²) in [6.07, 6.45) is 2.92. The molecule has 2 unspecified atom stereocenters. The highest BCUT2D eigenvalue weighted by molar-refractivity contribution is 9.10. The van der Waals surface area contributed by atoms with Crippen LogP contribution in [0.15, 0.2) is 22.8 Å². The normalized spacial score (nSPS) is 15.4. The van der Waals surface area contributed by atoms with E-state index >= 15 is 0 Å². The van der Waals surface area contributed by atoms with Crippen LogP contribution in [0.5, 0.6) is 0 Å². The van der Waals surface area contributed by atoms with Crippen LogP contribution in [0.25, 0.3) is 0 Å². The summed E-state index contributed by atoms with van der Waals surface area (Å²) in [6.45, 7) is 12.3. The third-order valence-corrected chi connectivity index (χ3v) is 3.71. The van der Waals surface area contributed by atoms with E-state index in [0.717, 1.165) is 17.4 Å². The van der Waals surface area contributed by atoms with Gasteiger partial charge in [-0.2, -0.15) is 0 Å². The SMILES string of the molecule is CC(CNC(C)(C)C)C(C)Cc1ccc(Br)cn1. The highest BCUT2D eigenvalue weighted by Crippen LogP contribution is 2.17. The minimum atomic E-state index is 0.198. The Kier molecular flexibility index (Phi) is 5.80. The van der Waals surface area contributed by atoms with Crippen LogP contribution in [0.2, 0.25) is 0 Å². The van der Waals surface area contributed by atoms with Crippen LogP contribution in [-0.2, 0) is 6.42 Å². The van der Waals surface area contributed by atoms with Crippen molar-refractivity contribution >= 4 is 15.9 Å². The van der Waals surface area contributed by atoms with Crippen molar-refractivity contribution in [2.24, 2.45) is 11.8 Å². The zero-order valence-corrected chi connectivity index (χ0v) is 13.7. The second-order valence-electron chi connectivity index (χ2n) is 6.26. The molecular formula is C15H25BrN2. The van der Waals surface area contributed by atoms with E-state index in [9.17, 15) is 0 Å². The minimum absolute atomic E-state index is 0.198. The van der Waals surface area contributed by atoms with Gasteiger partial charge in [0.15, 0.2) is 0 Å². The predicted octanol–water partition coefficient (Wildman–Crippen LogP) is 4.05. The number of hydrogen-bond donors (Lipinski definition) is 1. The maximum absolute atomic E-state index is 4.44. The fourth-order valence-corrected chi connectivity index (χ4v) is 1.96. The largest absolute Gasteiger partial charge is 0.312 e. The van der Waals surface area contributed by atoms with Crippen molar-refractivity contribution in [2.75, 3.05) is 6.54 Å². The monoisotopic (exact) mass is 312 g/mol. The van der Waals surface area contributed by atoms with Crippen molar-refractivity contribution < 1.29 is 0 Å². The standard InChI is InChI=1S/C15H25BrN2/c1-11(12(2)9-18-15(3,4)5)8-14-7-6-13(16)10-17-14/h6-7,10-12,18H,8-9H2,1-5H3. The molecule has 0 aliphatic rings. The van der Waals surface area contributed by atoms with Crippen molar-refractivity contribution in [2.45, 2.75) is 46.6 Å². The Hall–Kier alpha value is -0.410. The summed E-state index contributed by atoms with van der Waals surface area (Å²) < 4.78 is 1.04. The second-order valence-corrected chi connectivity index (χ2v) is 7.17. The van der Waals surface area contributed by atoms with Gasteiger partial charge in [0.05, 0.1) is 0 Å². The Morgan fingerprint density at radius 1 is 1.22 bits per heavy atom. The van der Waals surface area contributed by atoms with E-state index in [0.29, 0.717) is 11.8 Å². The zero-order chi connectivity index (χ0) is 13.8. The van der Waals surface area contributed by atoms with Gasteiger partial charge in [-0.15, -0.1) is 0 Å². The van der Waals surface area contributed by atoms with Gasteiger partial charge in [-0.1, -0.05) is 13.8 Å². The van der Waals surface area contributed by atoms with E-state index in [1.54, 1.807) is 0 Å². The van der Waals surface area contributed by atoms with E-state index in [-0.39, 0.29) is 5.54 Å². The third-order valence-electron chi connectivity index (χ3n) is 3.25. The van der Waals surface area contributed by atoms with Crippen LogP contribution < -0.4 is 5.32 Å². The first-order valence-corrected chi connectivity index (χ1v) is 7.42. The molecule has 2 nitrogen and oxygen atoms in total. The molecule has 0 radical (unpaired) electrons. The van der Waals surface area contributed by atoms with E-state index in [1.807, 2.05) is 6.20 Å². The Balaban J connectivity index is 2.44. The molecule has 1 N–H and O–H groups in total. The molecule has 0 aromatic carbocycles. The Bertz CT molecular complexity index is 354. The lowest BCUT2D eigenvalue weighted by Gasteiger charge is -2.26. The third kappa shape index (κ3) is 5.96. The molecule has 3 heteroatoms. The molecule has 0 aliphatic carbocycles. The highest BCUT2D eigenvalue weighted by atomic mass is 79.9. The molecule has 0 saturated carbocycles. The lowest BCUT2D eigenvalue weighted by molar-refractivity contribution is 0.316. The fourth-order valence-electron chi connectivity index (χ4n) is 1.73. The van der Waals surface area contributed by atoms with Crippen LogP contribution in [0.4, 0.5) is 0 Å². The van der Waals surface area contributed by atoms with Gasteiger partial charge >= 0.3 is 0 Å². The number of nitrogens with one attached hydrogen (secondary N) is 1. The first-order valence-electron chi connectivity index (χ1n) is 6.63. The summed E-state index contributed by atoms with van der Waals surface area (Å²) in [5, 5.41) is 3.57. The summed E-state index contributed by atoms with van der Waals surface area (Å²) >= 11 is 3.41. The van der Waals surface area contributed by atoms with Crippen LogP contribution in [0, 0.1) is 11.8 Å². The Labute approximate surface area is 120 Å². The Morgan fingerprint density at radius 3 is 2.39 bits per heavy atom. The second kappa shape index (κ2) is 6.67. The number of nitrogens with zero attached hydrogens (tertiary/aromatic N) is 1. The van der Waals surface area contributed by atoms with Crippen LogP contribution in [-0.4, -0.2) is 17.1 Å². The summed E-state index contributed by atoms with van der Waals surface area (Å²) in [7, 11) is 0. The molecule has 0 spiro atoms. The lowest BCUT2D eigenvalue weighted by atomic mass is 9.90. The van der Waals surface area contributed by atoms with Crippen LogP contribution in [0.1, 0.15) is 40.3 Å². The van der Waals surface area contributed by atoms with Gasteiger partial charge < -0.3 is 5.32 Å². The lowest BCUT2D eigenvalue weighted by Crippen LogP contribution is -2.40. The van der Waals surface area contributed by atoms with Crippen molar-refractivity contribution in [3.8, 4) is 0 Å². The average Bonchev–Trinajstić information content (AvgIpc) is 2.28. The van der Waals surface area contributed by atoms with Gasteiger partial charge in [-0.3, -0.25) is 4.98 Å². The van der Waals surface area contributed by atoms with Gasteiger partial charge in [0.25, 0.3) is 0 Å². The van der Waals surface area contributed by atoms with Gasteiger partial charge in [-0.25, -0.2) is 0 Å². The van der Waals surface area contributed by atoms with Gasteiger partial charge in [0.2, 0.25) is 0 Å². The molecule has 0 bridgehead atoms. The molecule has 102 valence electrons. The predicted molar refractivity (Wildman–Crippen MR) is 81.7 cm³/mol. The number of pyridine rings is 1. The molecule has 2 atom stereocenters. The van der Waals surface area contributed by atoms with Gasteiger partial charge in [0.1, 0.15) is 0 Å². The molecular weight excluding hydrogens is 288 g/mol. The summed E-state index contributed by atoms with van der Waals surface area (Å²) in [6, 6.07) is 4.16. The molecule has 18 heavy (non-hydrogen) atoms. The molecule has 1 heterocycles. The smallest absolute Gasteiger partial charge is 0.0413 e. The number of aromatic nitrogens is 1. The molecule has 0 fully saturated rings. The Morgan fingerprint density at radius 2 is 1.89 bits per heavy atom. The van der Waals surface area contributed by atoms with Crippen LogP contribution in [0.3, 0.4) is 0 Å². The quantitative estimate of drug-likeness (QED) is 0.887. The number of rotatable bonds is 5. The van der Waals surface area contributed by atoms with Crippen molar-refractivity contribution in [3.63, 3.8) is 0 Å². The van der Waals surface area contributed by atoms with Crippen molar-refractivity contribution in [1.82, 2.24) is 10.3 Å².